The maximum Gasteiger partial charge on any atom is 0.272 e. The summed E-state index contributed by atoms with van der Waals surface area (Å²) in [4.78, 5) is 118. The third-order valence-corrected chi connectivity index (χ3v) is 9.13. The predicted molar refractivity (Wildman–Crippen MR) is 241 cm³/mol. The van der Waals surface area contributed by atoms with Crippen LogP contribution in [0, 0.1) is 10.8 Å². The van der Waals surface area contributed by atoms with Crippen LogP contribution in [0.5, 0.6) is 0 Å². The quantitative estimate of drug-likeness (QED) is 0.0368. The third-order valence-electron chi connectivity index (χ3n) is 9.13. The Kier molecular flexibility index (Phi) is 14.6. The molecule has 0 bridgehead atoms. The fourth-order valence-corrected chi connectivity index (χ4v) is 5.85. The molecule has 0 aliphatic carbocycles. The maximum atomic E-state index is 12.9. The van der Waals surface area contributed by atoms with Gasteiger partial charge < -0.3 is 83.9 Å². The van der Waals surface area contributed by atoms with E-state index in [-0.39, 0.29) is 113 Å². The average molecular weight is 905 g/mol. The highest BCUT2D eigenvalue weighted by Crippen LogP contribution is 2.19. The van der Waals surface area contributed by atoms with Crippen molar-refractivity contribution in [2.24, 2.45) is 11.5 Å². The summed E-state index contributed by atoms with van der Waals surface area (Å²) in [5, 5.41) is 35.3. The van der Waals surface area contributed by atoms with Crippen molar-refractivity contribution < 1.29 is 38.4 Å². The van der Waals surface area contributed by atoms with Gasteiger partial charge in [-0.3, -0.25) is 49.2 Å². The summed E-state index contributed by atoms with van der Waals surface area (Å²) in [7, 11) is 0. The number of amides is 8. The number of carbonyl (C=O) groups excluding carboxylic acids is 8. The molecular weight excluding hydrogens is 861 g/mol. The van der Waals surface area contributed by atoms with Gasteiger partial charge in [0.25, 0.3) is 35.4 Å². The topological polar surface area (TPSA) is 427 Å². The molecule has 8 amide bonds. The molecule has 0 aliphatic rings. The summed E-state index contributed by atoms with van der Waals surface area (Å²) in [5.74, 6) is -3.63. The molecule has 0 spiro atoms. The number of H-pyrrole nitrogens is 6. The number of nitrogens with two attached hydrogens (primary N) is 2. The fraction of sp³-hybridized carbons (Fsp3) is 0.150. The Morgan fingerprint density at radius 1 is 0.394 bits per heavy atom. The molecule has 6 aromatic heterocycles. The number of hydrogen-bond donors (Lipinski definition) is 18. The van der Waals surface area contributed by atoms with Crippen LogP contribution in [0.2, 0.25) is 0 Å². The molecule has 26 heteroatoms. The van der Waals surface area contributed by atoms with E-state index in [1.165, 1.54) is 73.6 Å². The molecule has 0 fully saturated rings. The van der Waals surface area contributed by atoms with E-state index >= 15 is 0 Å². The van der Waals surface area contributed by atoms with Crippen molar-refractivity contribution in [3.8, 4) is 0 Å². The van der Waals surface area contributed by atoms with E-state index in [4.69, 9.17) is 22.3 Å². The summed E-state index contributed by atoms with van der Waals surface area (Å²) in [6, 6.07) is 8.41. The summed E-state index contributed by atoms with van der Waals surface area (Å²) in [6.07, 6.45) is 8.30. The number of aromatic amines is 6. The summed E-state index contributed by atoms with van der Waals surface area (Å²) < 4.78 is 0. The molecule has 342 valence electrons. The maximum absolute atomic E-state index is 12.9. The highest BCUT2D eigenvalue weighted by atomic mass is 16.2. The van der Waals surface area contributed by atoms with Crippen molar-refractivity contribution in [2.75, 3.05) is 45.0 Å². The average Bonchev–Trinajstić information content (AvgIpc) is 4.12. The van der Waals surface area contributed by atoms with Gasteiger partial charge in [-0.05, 0) is 36.4 Å². The summed E-state index contributed by atoms with van der Waals surface area (Å²) in [5.41, 5.74) is 12.4. The largest absolute Gasteiger partial charge is 0.388 e. The van der Waals surface area contributed by atoms with Gasteiger partial charge in [-0.15, -0.1) is 0 Å². The zero-order valence-electron chi connectivity index (χ0n) is 34.6. The molecule has 0 atom stereocenters. The lowest BCUT2D eigenvalue weighted by atomic mass is 10.2. The number of rotatable bonds is 21. The van der Waals surface area contributed by atoms with Gasteiger partial charge in [-0.2, -0.15) is 0 Å². The van der Waals surface area contributed by atoms with E-state index in [9.17, 15) is 38.4 Å². The standard InChI is InChI=1S/C40H44N18O8/c41-28(42)3-5-45-35(61)19-7-31(51-13-19)57-37(63)21-9-32(52-15-21)58-36(62)20-8-30(50-14-20)56-34(60)2-1-33(59)53-22-10-26(48-16-22)39(65)55-24-12-27(49-18-24)40(66)54-23-11-25(47-17-23)38(64)46-6-4-29(43)44/h7-18,47-52H,1-6H2,(H3,41,42)(H3,43,44)(H,45,61)(H,46,64)(H,53,59)(H,54,66)(H,55,65)(H,56,60)(H,57,63)(H,58,62). The van der Waals surface area contributed by atoms with Crippen molar-refractivity contribution in [1.29, 1.82) is 10.8 Å². The second kappa shape index (κ2) is 21.0. The number of hydrogen-bond acceptors (Lipinski definition) is 10. The molecule has 6 aromatic rings. The van der Waals surface area contributed by atoms with Crippen LogP contribution < -0.4 is 54.0 Å². The van der Waals surface area contributed by atoms with Crippen LogP contribution in [0.25, 0.3) is 0 Å². The first kappa shape index (κ1) is 45.9. The highest BCUT2D eigenvalue weighted by molar-refractivity contribution is 6.09. The molecule has 0 saturated heterocycles. The minimum atomic E-state index is -0.581. The van der Waals surface area contributed by atoms with Crippen molar-refractivity contribution in [3.05, 3.63) is 107 Å². The Labute approximate surface area is 372 Å². The number of carbonyl (C=O) groups is 8. The van der Waals surface area contributed by atoms with Crippen molar-refractivity contribution in [3.63, 3.8) is 0 Å². The van der Waals surface area contributed by atoms with E-state index in [2.05, 4.69) is 72.4 Å². The zero-order valence-corrected chi connectivity index (χ0v) is 34.6. The van der Waals surface area contributed by atoms with Crippen LogP contribution in [0.15, 0.2) is 73.6 Å². The first-order valence-corrected chi connectivity index (χ1v) is 19.8. The predicted octanol–water partition coefficient (Wildman–Crippen LogP) is 2.13. The van der Waals surface area contributed by atoms with Gasteiger partial charge in [0, 0.05) is 76.0 Å². The molecule has 0 unspecified atom stereocenters. The molecule has 6 heterocycles. The van der Waals surface area contributed by atoms with Gasteiger partial charge in [-0.1, -0.05) is 0 Å². The van der Waals surface area contributed by atoms with E-state index in [1.54, 1.807) is 0 Å². The minimum Gasteiger partial charge on any atom is -0.388 e. The second-order valence-electron chi connectivity index (χ2n) is 14.3. The lowest BCUT2D eigenvalue weighted by molar-refractivity contribution is -0.121. The lowest BCUT2D eigenvalue weighted by Gasteiger charge is -2.04. The smallest absolute Gasteiger partial charge is 0.272 e. The monoisotopic (exact) mass is 904 g/mol. The van der Waals surface area contributed by atoms with Crippen molar-refractivity contribution in [1.82, 2.24) is 40.5 Å². The number of anilines is 6. The van der Waals surface area contributed by atoms with E-state index in [1.807, 2.05) is 0 Å². The van der Waals surface area contributed by atoms with Crippen LogP contribution in [-0.4, -0.2) is 102 Å². The molecule has 20 N–H and O–H groups in total. The SMILES string of the molecule is N=C(N)CCNC(=O)c1c[nH]c(NC(=O)c2c[nH]c(NC(=O)c3c[nH]c(NC(=O)CCC(=O)Nc4c[nH]c(C(=O)Nc5c[nH]c(C(=O)Nc6c[nH]c(C(=O)NCCC(=N)N)c6)c5)c4)c3)c2)c1. The Bertz CT molecular complexity index is 2630. The van der Waals surface area contributed by atoms with Crippen molar-refractivity contribution >= 4 is 93.4 Å². The van der Waals surface area contributed by atoms with Crippen LogP contribution in [-0.2, 0) is 9.59 Å². The van der Waals surface area contributed by atoms with E-state index in [0.29, 0.717) is 5.69 Å². The van der Waals surface area contributed by atoms with Gasteiger partial charge in [0.15, 0.2) is 0 Å². The molecule has 26 nitrogen and oxygen atoms in total. The van der Waals surface area contributed by atoms with Crippen LogP contribution in [0.4, 0.5) is 34.5 Å². The van der Waals surface area contributed by atoms with Gasteiger partial charge in [-0.25, -0.2) is 0 Å². The molecule has 0 saturated carbocycles. The molecule has 0 radical (unpaired) electrons. The number of aromatic nitrogens is 6. The molecular formula is C40H44N18O8. The first-order chi connectivity index (χ1) is 31.6. The Morgan fingerprint density at radius 2 is 0.758 bits per heavy atom. The second-order valence-corrected chi connectivity index (χ2v) is 14.3. The van der Waals surface area contributed by atoms with Gasteiger partial charge in [0.1, 0.15) is 34.5 Å². The number of nitrogens with one attached hydrogen (secondary N) is 16. The normalized spacial score (nSPS) is 10.6. The van der Waals surface area contributed by atoms with Crippen LogP contribution in [0.1, 0.15) is 88.2 Å². The molecule has 0 aliphatic heterocycles. The molecule has 6 rings (SSSR count). The van der Waals surface area contributed by atoms with Gasteiger partial charge in [0.05, 0.1) is 45.4 Å². The van der Waals surface area contributed by atoms with E-state index in [0.717, 1.165) is 0 Å². The summed E-state index contributed by atoms with van der Waals surface area (Å²) in [6.45, 7) is 0.367. The Hall–Kier alpha value is -9.62. The van der Waals surface area contributed by atoms with Crippen molar-refractivity contribution in [2.45, 2.75) is 25.7 Å². The van der Waals surface area contributed by atoms with Crippen LogP contribution in [0.3, 0.4) is 0 Å². The fourth-order valence-electron chi connectivity index (χ4n) is 5.85. The van der Waals surface area contributed by atoms with Gasteiger partial charge >= 0.3 is 0 Å². The van der Waals surface area contributed by atoms with E-state index < -0.39 is 47.3 Å². The van der Waals surface area contributed by atoms with Gasteiger partial charge in [0.2, 0.25) is 11.8 Å². The Morgan fingerprint density at radius 3 is 1.20 bits per heavy atom. The van der Waals surface area contributed by atoms with Crippen LogP contribution >= 0.6 is 0 Å². The number of amidine groups is 2. The molecule has 66 heavy (non-hydrogen) atoms. The lowest BCUT2D eigenvalue weighted by Crippen LogP contribution is -2.27. The first-order valence-electron chi connectivity index (χ1n) is 19.8. The Balaban J connectivity index is 0.887. The third kappa shape index (κ3) is 13.0. The minimum absolute atomic E-state index is 0.0593. The zero-order chi connectivity index (χ0) is 47.3. The summed E-state index contributed by atoms with van der Waals surface area (Å²) >= 11 is 0. The highest BCUT2D eigenvalue weighted by Gasteiger charge is 2.18. The molecule has 0 aromatic carbocycles.